The van der Waals surface area contributed by atoms with Gasteiger partial charge in [-0.2, -0.15) is 13.7 Å². The zero-order valence-corrected chi connectivity index (χ0v) is 21.1. The monoisotopic (exact) mass is 497 g/mol. The Kier molecular flexibility index (Phi) is 7.33. The molecule has 0 saturated carbocycles. The maximum atomic E-state index is 13.1. The normalized spacial score (nSPS) is 22.1. The summed E-state index contributed by atoms with van der Waals surface area (Å²) in [4.78, 5) is 14.8. The number of nitriles is 1. The van der Waals surface area contributed by atoms with Crippen LogP contribution in [0.2, 0.25) is 0 Å². The lowest BCUT2D eigenvalue weighted by Gasteiger charge is -2.23. The molecule has 0 aromatic heterocycles. The van der Waals surface area contributed by atoms with Gasteiger partial charge in [0, 0.05) is 30.6 Å². The number of aryl methyl sites for hydroxylation is 2. The van der Waals surface area contributed by atoms with Crippen LogP contribution in [0.25, 0.3) is 0 Å². The number of nitrogens with one attached hydrogen (secondary N) is 1. The van der Waals surface area contributed by atoms with Crippen LogP contribution in [0.5, 0.6) is 11.5 Å². The second-order valence-electron chi connectivity index (χ2n) is 9.15. The van der Waals surface area contributed by atoms with Gasteiger partial charge >= 0.3 is 10.1 Å². The molecule has 2 aliphatic heterocycles. The number of benzene rings is 2. The van der Waals surface area contributed by atoms with E-state index < -0.39 is 10.1 Å². The molecule has 0 bridgehead atoms. The second-order valence-corrected chi connectivity index (χ2v) is 10.7. The number of rotatable bonds is 7. The van der Waals surface area contributed by atoms with Crippen LogP contribution >= 0.6 is 0 Å². The summed E-state index contributed by atoms with van der Waals surface area (Å²) >= 11 is 0. The number of likely N-dealkylation sites (tertiary alicyclic amines) is 1. The predicted molar refractivity (Wildman–Crippen MR) is 131 cm³/mol. The lowest BCUT2D eigenvalue weighted by Crippen LogP contribution is -2.45. The Morgan fingerprint density at radius 2 is 1.97 bits per heavy atom. The second kappa shape index (κ2) is 10.3. The quantitative estimate of drug-likeness (QED) is 0.584. The highest BCUT2D eigenvalue weighted by atomic mass is 32.2. The molecule has 2 heterocycles. The average molecular weight is 498 g/mol. The van der Waals surface area contributed by atoms with Crippen molar-refractivity contribution in [3.05, 3.63) is 53.1 Å². The summed E-state index contributed by atoms with van der Waals surface area (Å²) in [5.41, 5.74) is 2.73. The molecule has 8 nitrogen and oxygen atoms in total. The van der Waals surface area contributed by atoms with Crippen LogP contribution < -0.4 is 14.2 Å². The van der Waals surface area contributed by atoms with Gasteiger partial charge in [0.25, 0.3) is 0 Å². The number of carbonyl (C=O) groups excluding carboxylic acids is 1. The summed E-state index contributed by atoms with van der Waals surface area (Å²) in [5.74, 6) is 0.716. The van der Waals surface area contributed by atoms with Crippen molar-refractivity contribution in [3.63, 3.8) is 0 Å². The van der Waals surface area contributed by atoms with E-state index >= 15 is 0 Å². The summed E-state index contributed by atoms with van der Waals surface area (Å²) in [6, 6.07) is 11.3. The van der Waals surface area contributed by atoms with Gasteiger partial charge in [0.15, 0.2) is 0 Å². The SMILES string of the molecule is CCOc1cc(OS(=O)(=O)c2ccc(C)cc2)cc(C)c1[C@@H]1CN[C@H](C(=O)N2CCC[C@H]2C#N)C1. The van der Waals surface area contributed by atoms with Gasteiger partial charge in [-0.1, -0.05) is 17.7 Å². The number of hydrogen-bond acceptors (Lipinski definition) is 7. The van der Waals surface area contributed by atoms with Crippen LogP contribution in [0.3, 0.4) is 0 Å². The smallest absolute Gasteiger partial charge is 0.339 e. The minimum Gasteiger partial charge on any atom is -0.493 e. The number of carbonyl (C=O) groups is 1. The maximum absolute atomic E-state index is 13.1. The zero-order chi connectivity index (χ0) is 25.2. The van der Waals surface area contributed by atoms with E-state index in [1.165, 1.54) is 12.1 Å². The molecular weight excluding hydrogens is 466 g/mol. The molecule has 1 amide bonds. The molecule has 4 rings (SSSR count). The third-order valence-electron chi connectivity index (χ3n) is 6.66. The summed E-state index contributed by atoms with van der Waals surface area (Å²) < 4.78 is 36.9. The molecule has 0 radical (unpaired) electrons. The number of ether oxygens (including phenoxy) is 1. The number of nitrogens with zero attached hydrogens (tertiary/aromatic N) is 2. The molecule has 2 saturated heterocycles. The van der Waals surface area contributed by atoms with Crippen molar-refractivity contribution in [1.82, 2.24) is 10.2 Å². The molecule has 2 aromatic carbocycles. The van der Waals surface area contributed by atoms with Gasteiger partial charge in [-0.15, -0.1) is 0 Å². The molecular formula is C26H31N3O5S. The van der Waals surface area contributed by atoms with Crippen LogP contribution in [0, 0.1) is 25.2 Å². The van der Waals surface area contributed by atoms with Crippen LogP contribution in [-0.2, 0) is 14.9 Å². The van der Waals surface area contributed by atoms with Gasteiger partial charge in [-0.25, -0.2) is 0 Å². The van der Waals surface area contributed by atoms with Crippen molar-refractivity contribution >= 4 is 16.0 Å². The Labute approximate surface area is 207 Å². The van der Waals surface area contributed by atoms with Crippen LogP contribution in [0.1, 0.15) is 48.8 Å². The van der Waals surface area contributed by atoms with Gasteiger partial charge in [-0.3, -0.25) is 4.79 Å². The Hall–Kier alpha value is -3.09. The molecule has 2 aromatic rings. The van der Waals surface area contributed by atoms with Gasteiger partial charge < -0.3 is 19.1 Å². The maximum Gasteiger partial charge on any atom is 0.339 e. The van der Waals surface area contributed by atoms with E-state index in [2.05, 4.69) is 11.4 Å². The first-order valence-electron chi connectivity index (χ1n) is 12.0. The topological polar surface area (TPSA) is 109 Å². The first-order valence-corrected chi connectivity index (χ1v) is 13.4. The highest BCUT2D eigenvalue weighted by molar-refractivity contribution is 7.87. The highest BCUT2D eigenvalue weighted by Gasteiger charge is 2.38. The Balaban J connectivity index is 1.55. The molecule has 3 atom stereocenters. The fourth-order valence-electron chi connectivity index (χ4n) is 4.97. The predicted octanol–water partition coefficient (Wildman–Crippen LogP) is 3.43. The van der Waals surface area contributed by atoms with Gasteiger partial charge in [-0.05, 0) is 63.8 Å². The van der Waals surface area contributed by atoms with Crippen molar-refractivity contribution < 1.29 is 22.1 Å². The molecule has 0 aliphatic carbocycles. The van der Waals surface area contributed by atoms with Gasteiger partial charge in [0.05, 0.1) is 18.7 Å². The molecule has 9 heteroatoms. The standard InChI is InChI=1S/C26H31N3O5S/c1-4-33-24-14-21(34-35(31,32)22-9-7-17(2)8-10-22)12-18(3)25(24)19-13-23(28-16-19)26(30)29-11-5-6-20(29)15-27/h7-10,12,14,19-20,23,28H,4-6,11,13,16H2,1-3H3/t19-,20-,23-/m0/s1. The fraction of sp³-hybridized carbons (Fsp3) is 0.462. The lowest BCUT2D eigenvalue weighted by molar-refractivity contribution is -0.133. The van der Waals surface area contributed by atoms with Crippen molar-refractivity contribution in [2.24, 2.45) is 0 Å². The highest BCUT2D eigenvalue weighted by Crippen LogP contribution is 2.39. The molecule has 1 N–H and O–H groups in total. The number of hydrogen-bond donors (Lipinski definition) is 1. The molecule has 0 unspecified atom stereocenters. The van der Waals surface area contributed by atoms with Crippen molar-refractivity contribution in [2.45, 2.75) is 62.9 Å². The summed E-state index contributed by atoms with van der Waals surface area (Å²) in [6.07, 6.45) is 2.15. The molecule has 186 valence electrons. The molecule has 2 aliphatic rings. The van der Waals surface area contributed by atoms with E-state index in [0.717, 1.165) is 29.5 Å². The molecule has 0 spiro atoms. The minimum absolute atomic E-state index is 0.0106. The lowest BCUT2D eigenvalue weighted by atomic mass is 9.91. The Morgan fingerprint density at radius 3 is 2.66 bits per heavy atom. The zero-order valence-electron chi connectivity index (χ0n) is 20.3. The van der Waals surface area contributed by atoms with Crippen LogP contribution in [0.15, 0.2) is 41.3 Å². The Bertz CT molecular complexity index is 1240. The average Bonchev–Trinajstić information content (AvgIpc) is 3.48. The third-order valence-corrected chi connectivity index (χ3v) is 7.92. The largest absolute Gasteiger partial charge is 0.493 e. The molecule has 2 fully saturated rings. The first kappa shape index (κ1) is 25.0. The summed E-state index contributed by atoms with van der Waals surface area (Å²) in [6.45, 7) is 7.25. The summed E-state index contributed by atoms with van der Waals surface area (Å²) in [7, 11) is -3.99. The van der Waals surface area contributed by atoms with Gasteiger partial charge in [0.1, 0.15) is 22.4 Å². The minimum atomic E-state index is -3.99. The Morgan fingerprint density at radius 1 is 1.23 bits per heavy atom. The van der Waals surface area contributed by atoms with E-state index in [0.29, 0.717) is 31.9 Å². The third kappa shape index (κ3) is 5.29. The van der Waals surface area contributed by atoms with Crippen molar-refractivity contribution in [3.8, 4) is 17.6 Å². The van der Waals surface area contributed by atoms with E-state index in [1.54, 1.807) is 29.2 Å². The van der Waals surface area contributed by atoms with Crippen LogP contribution in [-0.4, -0.2) is 51.0 Å². The fourth-order valence-corrected chi connectivity index (χ4v) is 5.88. The summed E-state index contributed by atoms with van der Waals surface area (Å²) in [5, 5.41) is 12.7. The van der Waals surface area contributed by atoms with Gasteiger partial charge in [0.2, 0.25) is 5.91 Å². The van der Waals surface area contributed by atoms with E-state index in [1.807, 2.05) is 20.8 Å². The molecule has 35 heavy (non-hydrogen) atoms. The number of amides is 1. The van der Waals surface area contributed by atoms with E-state index in [-0.39, 0.29) is 34.6 Å². The van der Waals surface area contributed by atoms with Crippen LogP contribution in [0.4, 0.5) is 0 Å². The van der Waals surface area contributed by atoms with E-state index in [9.17, 15) is 18.5 Å². The van der Waals surface area contributed by atoms with E-state index in [4.69, 9.17) is 8.92 Å². The van der Waals surface area contributed by atoms with Crippen molar-refractivity contribution in [2.75, 3.05) is 19.7 Å². The van der Waals surface area contributed by atoms with Crippen molar-refractivity contribution in [1.29, 1.82) is 5.26 Å². The first-order chi connectivity index (χ1) is 16.7.